The number of pyridine rings is 1. The zero-order valence-electron chi connectivity index (χ0n) is 7.77. The molecule has 1 amide bonds. The van der Waals surface area contributed by atoms with Gasteiger partial charge in [-0.05, 0) is 6.07 Å². The van der Waals surface area contributed by atoms with E-state index in [1.807, 2.05) is 0 Å². The van der Waals surface area contributed by atoms with Crippen molar-refractivity contribution in [1.82, 2.24) is 4.90 Å². The summed E-state index contributed by atoms with van der Waals surface area (Å²) in [6, 6.07) is 3.45. The summed E-state index contributed by atoms with van der Waals surface area (Å²) in [6.45, 7) is -0.117. The lowest BCUT2D eigenvalue weighted by Gasteiger charge is -2.08. The fraction of sp³-hybridized carbons (Fsp3) is 0.333. The number of hydrogen-bond acceptors (Lipinski definition) is 2. The maximum absolute atomic E-state index is 11.4. The molecule has 0 aliphatic rings. The summed E-state index contributed by atoms with van der Waals surface area (Å²) in [7, 11) is 3.39. The van der Waals surface area contributed by atoms with Gasteiger partial charge in [-0.15, -0.1) is 0 Å². The molecular weight excluding hydrogens is 168 g/mol. The van der Waals surface area contributed by atoms with E-state index in [1.54, 1.807) is 38.6 Å². The quantitative estimate of drug-likeness (QED) is 0.632. The molecule has 1 heterocycles. The molecule has 70 valence electrons. The van der Waals surface area contributed by atoms with Gasteiger partial charge in [0.1, 0.15) is 5.56 Å². The normalized spacial score (nSPS) is 9.77. The minimum atomic E-state index is -0.117. The van der Waals surface area contributed by atoms with Gasteiger partial charge in [-0.25, -0.2) is 0 Å². The fourth-order valence-electron chi connectivity index (χ4n) is 0.995. The highest BCUT2D eigenvalue weighted by atomic mass is 16.3. The molecule has 0 bridgehead atoms. The zero-order valence-corrected chi connectivity index (χ0v) is 7.77. The van der Waals surface area contributed by atoms with Crippen LogP contribution in [0.25, 0.3) is 0 Å². The number of carbonyl (C=O) groups is 1. The van der Waals surface area contributed by atoms with Crippen LogP contribution in [0.5, 0.6) is 0 Å². The lowest BCUT2D eigenvalue weighted by atomic mass is 10.2. The number of rotatable bonds is 2. The maximum Gasteiger partial charge on any atom is 0.259 e. The maximum atomic E-state index is 11.4. The van der Waals surface area contributed by atoms with Crippen LogP contribution >= 0.6 is 0 Å². The molecule has 1 aromatic rings. The SMILES string of the molecule is CN(C)C(=O)c1ccc[n+](CO)c1. The molecule has 0 aliphatic carbocycles. The highest BCUT2D eigenvalue weighted by Crippen LogP contribution is 1.97. The van der Waals surface area contributed by atoms with Crippen molar-refractivity contribution in [3.8, 4) is 0 Å². The average molecular weight is 181 g/mol. The van der Waals surface area contributed by atoms with Gasteiger partial charge in [0.05, 0.1) is 0 Å². The largest absolute Gasteiger partial charge is 0.345 e. The van der Waals surface area contributed by atoms with Crippen LogP contribution in [0.15, 0.2) is 24.5 Å². The predicted octanol–water partition coefficient (Wildman–Crippen LogP) is -0.374. The minimum Gasteiger partial charge on any atom is -0.345 e. The first-order chi connectivity index (χ1) is 6.15. The molecule has 0 aliphatic heterocycles. The topological polar surface area (TPSA) is 44.4 Å². The van der Waals surface area contributed by atoms with Gasteiger partial charge < -0.3 is 10.0 Å². The van der Waals surface area contributed by atoms with E-state index in [0.29, 0.717) is 5.56 Å². The number of aliphatic hydroxyl groups excluding tert-OH is 1. The molecule has 0 aromatic carbocycles. The second kappa shape index (κ2) is 4.00. The molecule has 0 fully saturated rings. The molecule has 13 heavy (non-hydrogen) atoms. The average Bonchev–Trinajstić information content (AvgIpc) is 2.16. The summed E-state index contributed by atoms with van der Waals surface area (Å²) >= 11 is 0. The van der Waals surface area contributed by atoms with E-state index in [9.17, 15) is 4.79 Å². The summed E-state index contributed by atoms with van der Waals surface area (Å²) in [4.78, 5) is 12.9. The van der Waals surface area contributed by atoms with Gasteiger partial charge in [-0.3, -0.25) is 4.79 Å². The smallest absolute Gasteiger partial charge is 0.259 e. The van der Waals surface area contributed by atoms with Gasteiger partial charge in [0, 0.05) is 20.2 Å². The zero-order chi connectivity index (χ0) is 9.84. The van der Waals surface area contributed by atoms with Crippen LogP contribution in [0, 0.1) is 0 Å². The number of aromatic nitrogens is 1. The Balaban J connectivity index is 2.95. The summed E-state index contributed by atoms with van der Waals surface area (Å²) in [5.41, 5.74) is 0.571. The van der Waals surface area contributed by atoms with E-state index in [-0.39, 0.29) is 12.6 Å². The second-order valence-electron chi connectivity index (χ2n) is 2.95. The Hall–Kier alpha value is -1.42. The Bertz CT molecular complexity index is 310. The monoisotopic (exact) mass is 181 g/mol. The number of nitrogens with zero attached hydrogens (tertiary/aromatic N) is 2. The molecular formula is C9H13N2O2+. The van der Waals surface area contributed by atoms with Crippen molar-refractivity contribution in [2.45, 2.75) is 6.73 Å². The fourth-order valence-corrected chi connectivity index (χ4v) is 0.995. The highest BCUT2D eigenvalue weighted by molar-refractivity contribution is 5.93. The van der Waals surface area contributed by atoms with Gasteiger partial charge in [0.15, 0.2) is 12.4 Å². The van der Waals surface area contributed by atoms with E-state index in [4.69, 9.17) is 5.11 Å². The number of aliphatic hydroxyl groups is 1. The molecule has 1 rings (SSSR count). The second-order valence-corrected chi connectivity index (χ2v) is 2.95. The van der Waals surface area contributed by atoms with Gasteiger partial charge in [-0.2, -0.15) is 4.57 Å². The van der Waals surface area contributed by atoms with Crippen molar-refractivity contribution in [1.29, 1.82) is 0 Å². The molecule has 0 saturated carbocycles. The molecule has 0 saturated heterocycles. The van der Waals surface area contributed by atoms with Crippen LogP contribution in [0.3, 0.4) is 0 Å². The Morgan fingerprint density at radius 3 is 2.85 bits per heavy atom. The third kappa shape index (κ3) is 2.26. The van der Waals surface area contributed by atoms with Crippen LogP contribution < -0.4 is 4.57 Å². The third-order valence-corrected chi connectivity index (χ3v) is 1.67. The van der Waals surface area contributed by atoms with Crippen molar-refractivity contribution >= 4 is 5.91 Å². The van der Waals surface area contributed by atoms with Crippen LogP contribution in [-0.2, 0) is 6.73 Å². The molecule has 1 aromatic heterocycles. The lowest BCUT2D eigenvalue weighted by molar-refractivity contribution is -0.730. The molecule has 4 heteroatoms. The number of hydrogen-bond donors (Lipinski definition) is 1. The molecule has 0 radical (unpaired) electrons. The summed E-state index contributed by atoms with van der Waals surface area (Å²) in [5, 5.41) is 8.82. The Morgan fingerprint density at radius 1 is 1.62 bits per heavy atom. The third-order valence-electron chi connectivity index (χ3n) is 1.67. The summed E-state index contributed by atoms with van der Waals surface area (Å²) in [6.07, 6.45) is 3.31. The van der Waals surface area contributed by atoms with Crippen LogP contribution in [0.2, 0.25) is 0 Å². The molecule has 0 spiro atoms. The van der Waals surface area contributed by atoms with Crippen molar-refractivity contribution in [3.05, 3.63) is 30.1 Å². The lowest BCUT2D eigenvalue weighted by Crippen LogP contribution is -2.35. The molecule has 0 atom stereocenters. The van der Waals surface area contributed by atoms with E-state index < -0.39 is 0 Å². The van der Waals surface area contributed by atoms with Crippen molar-refractivity contribution in [2.24, 2.45) is 0 Å². The first kappa shape index (κ1) is 9.67. The molecule has 0 unspecified atom stereocenters. The van der Waals surface area contributed by atoms with Gasteiger partial charge >= 0.3 is 0 Å². The van der Waals surface area contributed by atoms with Crippen molar-refractivity contribution in [3.63, 3.8) is 0 Å². The minimum absolute atomic E-state index is 0.0669. The van der Waals surface area contributed by atoms with E-state index >= 15 is 0 Å². The molecule has 1 N–H and O–H groups in total. The van der Waals surface area contributed by atoms with E-state index in [1.165, 1.54) is 9.47 Å². The highest BCUT2D eigenvalue weighted by Gasteiger charge is 2.11. The predicted molar refractivity (Wildman–Crippen MR) is 46.9 cm³/mol. The first-order valence-corrected chi connectivity index (χ1v) is 3.97. The first-order valence-electron chi connectivity index (χ1n) is 3.97. The standard InChI is InChI=1S/C9H13N2O2/c1-10(2)9(13)8-4-3-5-11(6-8)7-12/h3-6,12H,7H2,1-2H3/q+1. The molecule has 4 nitrogen and oxygen atoms in total. The Morgan fingerprint density at radius 2 is 2.31 bits per heavy atom. The summed E-state index contributed by atoms with van der Waals surface area (Å²) < 4.78 is 1.54. The number of carbonyl (C=O) groups excluding carboxylic acids is 1. The van der Waals surface area contributed by atoms with Crippen LogP contribution in [-0.4, -0.2) is 30.0 Å². The summed E-state index contributed by atoms with van der Waals surface area (Å²) in [5.74, 6) is -0.0669. The Kier molecular flexibility index (Phi) is 2.97. The van der Waals surface area contributed by atoms with Crippen molar-refractivity contribution < 1.29 is 14.5 Å². The number of amides is 1. The van der Waals surface area contributed by atoms with E-state index in [2.05, 4.69) is 0 Å². The van der Waals surface area contributed by atoms with Gasteiger partial charge in [0.25, 0.3) is 5.91 Å². The van der Waals surface area contributed by atoms with Crippen LogP contribution in [0.4, 0.5) is 0 Å². The van der Waals surface area contributed by atoms with Gasteiger partial charge in [-0.1, -0.05) is 0 Å². The van der Waals surface area contributed by atoms with Crippen LogP contribution in [0.1, 0.15) is 10.4 Å². The van der Waals surface area contributed by atoms with E-state index in [0.717, 1.165) is 0 Å². The Labute approximate surface area is 77.0 Å². The van der Waals surface area contributed by atoms with Crippen molar-refractivity contribution in [2.75, 3.05) is 14.1 Å². The van der Waals surface area contributed by atoms with Gasteiger partial charge in [0.2, 0.25) is 6.73 Å².